The summed E-state index contributed by atoms with van der Waals surface area (Å²) >= 11 is 5.87. The first-order valence-corrected chi connectivity index (χ1v) is 6.63. The van der Waals surface area contributed by atoms with Gasteiger partial charge in [-0.25, -0.2) is 0 Å². The molecule has 2 heterocycles. The molecular weight excluding hydrogens is 292 g/mol. The Labute approximate surface area is 127 Å². The fourth-order valence-electron chi connectivity index (χ4n) is 2.00. The van der Waals surface area contributed by atoms with Crippen LogP contribution in [0.25, 0.3) is 0 Å². The number of anilines is 3. The van der Waals surface area contributed by atoms with Gasteiger partial charge in [0.15, 0.2) is 11.0 Å². The molecule has 2 aromatic rings. The normalized spacial score (nSPS) is 10.5. The minimum absolute atomic E-state index is 0.0630. The lowest BCUT2D eigenvalue weighted by Crippen LogP contribution is -2.10. The third kappa shape index (κ3) is 3.08. The largest absolute Gasteiger partial charge is 0.495 e. The molecule has 0 saturated heterocycles. The van der Waals surface area contributed by atoms with Gasteiger partial charge < -0.3 is 21.5 Å². The van der Waals surface area contributed by atoms with E-state index >= 15 is 0 Å². The number of ether oxygens (including phenoxy) is 1. The summed E-state index contributed by atoms with van der Waals surface area (Å²) in [6.45, 7) is 4.33. The van der Waals surface area contributed by atoms with E-state index in [4.69, 9.17) is 27.8 Å². The average Bonchev–Trinajstić information content (AvgIpc) is 2.43. The summed E-state index contributed by atoms with van der Waals surface area (Å²) in [6, 6.07) is 0. The van der Waals surface area contributed by atoms with Crippen molar-refractivity contribution in [2.24, 2.45) is 0 Å². The molecule has 0 fully saturated rings. The SMILES string of the molecule is COc1c(C)ncc(CNc2nc(N)nc(Cl)c2N)c1C. The summed E-state index contributed by atoms with van der Waals surface area (Å²) < 4.78 is 5.35. The molecule has 0 spiro atoms. The zero-order chi connectivity index (χ0) is 15.6. The highest BCUT2D eigenvalue weighted by Gasteiger charge is 2.12. The van der Waals surface area contributed by atoms with Crippen LogP contribution in [0, 0.1) is 13.8 Å². The van der Waals surface area contributed by atoms with Crippen LogP contribution < -0.4 is 21.5 Å². The van der Waals surface area contributed by atoms with E-state index in [9.17, 15) is 0 Å². The van der Waals surface area contributed by atoms with Gasteiger partial charge in [0, 0.05) is 12.7 Å². The van der Waals surface area contributed by atoms with E-state index < -0.39 is 0 Å². The van der Waals surface area contributed by atoms with Gasteiger partial charge in [0.2, 0.25) is 5.95 Å². The number of nitrogens with zero attached hydrogens (tertiary/aromatic N) is 3. The molecule has 0 saturated carbocycles. The average molecular weight is 309 g/mol. The van der Waals surface area contributed by atoms with E-state index in [1.165, 1.54) is 0 Å². The van der Waals surface area contributed by atoms with Gasteiger partial charge in [0.25, 0.3) is 0 Å². The quantitative estimate of drug-likeness (QED) is 0.740. The maximum absolute atomic E-state index is 5.87. The number of nitrogen functional groups attached to an aromatic ring is 2. The summed E-state index contributed by atoms with van der Waals surface area (Å²) in [5, 5.41) is 3.21. The molecule has 0 radical (unpaired) electrons. The van der Waals surface area contributed by atoms with Crippen LogP contribution in [0.15, 0.2) is 6.20 Å². The van der Waals surface area contributed by atoms with Crippen LogP contribution in [-0.4, -0.2) is 22.1 Å². The topological polar surface area (TPSA) is 112 Å². The molecular formula is C13H17ClN6O. The number of halogens is 1. The van der Waals surface area contributed by atoms with Crippen LogP contribution in [0.3, 0.4) is 0 Å². The summed E-state index contributed by atoms with van der Waals surface area (Å²) in [6.07, 6.45) is 1.78. The fourth-order valence-corrected chi connectivity index (χ4v) is 2.17. The van der Waals surface area contributed by atoms with Crippen molar-refractivity contribution in [3.8, 4) is 5.75 Å². The second kappa shape index (κ2) is 6.01. The number of aryl methyl sites for hydroxylation is 1. The molecule has 8 heteroatoms. The van der Waals surface area contributed by atoms with Gasteiger partial charge in [-0.2, -0.15) is 9.97 Å². The lowest BCUT2D eigenvalue weighted by Gasteiger charge is -2.14. The molecule has 0 amide bonds. The first-order valence-electron chi connectivity index (χ1n) is 6.25. The van der Waals surface area contributed by atoms with Crippen molar-refractivity contribution in [2.75, 3.05) is 23.9 Å². The first kappa shape index (κ1) is 15.1. The van der Waals surface area contributed by atoms with Gasteiger partial charge in [-0.3, -0.25) is 4.98 Å². The fraction of sp³-hybridized carbons (Fsp3) is 0.308. The highest BCUT2D eigenvalue weighted by atomic mass is 35.5. The minimum Gasteiger partial charge on any atom is -0.495 e. The Morgan fingerprint density at radius 1 is 1.29 bits per heavy atom. The van der Waals surface area contributed by atoms with Crippen LogP contribution in [0.4, 0.5) is 17.5 Å². The van der Waals surface area contributed by atoms with Crippen molar-refractivity contribution in [1.29, 1.82) is 0 Å². The van der Waals surface area contributed by atoms with Gasteiger partial charge in [0.05, 0.1) is 12.8 Å². The van der Waals surface area contributed by atoms with Crippen molar-refractivity contribution >= 4 is 29.1 Å². The van der Waals surface area contributed by atoms with Crippen molar-refractivity contribution in [2.45, 2.75) is 20.4 Å². The number of methoxy groups -OCH3 is 1. The van der Waals surface area contributed by atoms with Crippen molar-refractivity contribution in [1.82, 2.24) is 15.0 Å². The number of rotatable bonds is 4. The summed E-state index contributed by atoms with van der Waals surface area (Å²) in [5.41, 5.74) is 14.4. The summed E-state index contributed by atoms with van der Waals surface area (Å²) in [4.78, 5) is 12.1. The van der Waals surface area contributed by atoms with Crippen LogP contribution in [0.5, 0.6) is 5.75 Å². The zero-order valence-electron chi connectivity index (χ0n) is 12.1. The van der Waals surface area contributed by atoms with Crippen molar-refractivity contribution < 1.29 is 4.74 Å². The van der Waals surface area contributed by atoms with Crippen LogP contribution in [-0.2, 0) is 6.54 Å². The molecule has 0 aliphatic heterocycles. The van der Waals surface area contributed by atoms with E-state index in [2.05, 4.69) is 20.3 Å². The Morgan fingerprint density at radius 2 is 2.00 bits per heavy atom. The maximum Gasteiger partial charge on any atom is 0.223 e. The maximum atomic E-state index is 5.87. The third-order valence-corrected chi connectivity index (χ3v) is 3.42. The lowest BCUT2D eigenvalue weighted by molar-refractivity contribution is 0.405. The summed E-state index contributed by atoms with van der Waals surface area (Å²) in [5.74, 6) is 1.22. The van der Waals surface area contributed by atoms with Gasteiger partial charge in [-0.1, -0.05) is 11.6 Å². The predicted molar refractivity (Wildman–Crippen MR) is 83.5 cm³/mol. The van der Waals surface area contributed by atoms with Crippen LogP contribution >= 0.6 is 11.6 Å². The Bertz CT molecular complexity index is 676. The minimum atomic E-state index is 0.0630. The van der Waals surface area contributed by atoms with E-state index in [0.717, 1.165) is 22.6 Å². The van der Waals surface area contributed by atoms with E-state index in [1.54, 1.807) is 13.3 Å². The Morgan fingerprint density at radius 3 is 2.67 bits per heavy atom. The Hall–Kier alpha value is -2.28. The number of hydrogen-bond acceptors (Lipinski definition) is 7. The van der Waals surface area contributed by atoms with Gasteiger partial charge in [0.1, 0.15) is 11.4 Å². The first-order chi connectivity index (χ1) is 9.93. The molecule has 0 aliphatic carbocycles. The zero-order valence-corrected chi connectivity index (χ0v) is 12.8. The van der Waals surface area contributed by atoms with E-state index in [1.807, 2.05) is 13.8 Å². The Balaban J connectivity index is 2.25. The van der Waals surface area contributed by atoms with Crippen molar-refractivity contribution in [3.63, 3.8) is 0 Å². The van der Waals surface area contributed by atoms with Gasteiger partial charge >= 0.3 is 0 Å². The molecule has 0 unspecified atom stereocenters. The molecule has 5 N–H and O–H groups in total. The number of nitrogens with two attached hydrogens (primary N) is 2. The molecule has 2 aromatic heterocycles. The standard InChI is InChI=1S/C13H17ClN6O/c1-6-8(4-17-7(2)10(6)21-3)5-18-12-9(15)11(14)19-13(16)20-12/h4H,5,15H2,1-3H3,(H3,16,18,19,20). The smallest absolute Gasteiger partial charge is 0.223 e. The molecule has 7 nitrogen and oxygen atoms in total. The number of hydrogen-bond donors (Lipinski definition) is 3. The molecule has 0 atom stereocenters. The number of nitrogens with one attached hydrogen (secondary N) is 1. The third-order valence-electron chi connectivity index (χ3n) is 3.13. The van der Waals surface area contributed by atoms with Gasteiger partial charge in [-0.05, 0) is 25.0 Å². The molecule has 112 valence electrons. The monoisotopic (exact) mass is 308 g/mol. The molecule has 21 heavy (non-hydrogen) atoms. The molecule has 0 aromatic carbocycles. The summed E-state index contributed by atoms with van der Waals surface area (Å²) in [7, 11) is 1.62. The van der Waals surface area contributed by atoms with Crippen LogP contribution in [0.1, 0.15) is 16.8 Å². The van der Waals surface area contributed by atoms with Gasteiger partial charge in [-0.15, -0.1) is 0 Å². The molecule has 0 aliphatic rings. The highest BCUT2D eigenvalue weighted by molar-refractivity contribution is 6.32. The number of aromatic nitrogens is 3. The van der Waals surface area contributed by atoms with Crippen molar-refractivity contribution in [3.05, 3.63) is 28.2 Å². The molecule has 0 bridgehead atoms. The predicted octanol–water partition coefficient (Wildman–Crippen LogP) is 1.93. The van der Waals surface area contributed by atoms with E-state index in [-0.39, 0.29) is 16.8 Å². The second-order valence-electron chi connectivity index (χ2n) is 4.52. The van der Waals surface area contributed by atoms with E-state index in [0.29, 0.717) is 12.4 Å². The highest BCUT2D eigenvalue weighted by Crippen LogP contribution is 2.27. The Kier molecular flexibility index (Phi) is 4.32. The number of pyridine rings is 1. The van der Waals surface area contributed by atoms with Crippen LogP contribution in [0.2, 0.25) is 5.15 Å². The second-order valence-corrected chi connectivity index (χ2v) is 4.87. The lowest BCUT2D eigenvalue weighted by atomic mass is 10.1. The molecule has 2 rings (SSSR count).